The number of ketones is 1. The molecule has 3 fully saturated rings. The summed E-state index contributed by atoms with van der Waals surface area (Å²) in [5.74, 6) is -0.645. The zero-order valence-corrected chi connectivity index (χ0v) is 21.0. The van der Waals surface area contributed by atoms with Crippen LogP contribution in [0.2, 0.25) is 0 Å². The van der Waals surface area contributed by atoms with Crippen molar-refractivity contribution in [1.29, 1.82) is 0 Å². The van der Waals surface area contributed by atoms with Gasteiger partial charge < -0.3 is 18.9 Å². The maximum atomic E-state index is 12.5. The predicted molar refractivity (Wildman–Crippen MR) is 122 cm³/mol. The molecule has 0 unspecified atom stereocenters. The fourth-order valence-corrected chi connectivity index (χ4v) is 5.02. The second-order valence-electron chi connectivity index (χ2n) is 11.0. The van der Waals surface area contributed by atoms with Crippen molar-refractivity contribution in [2.75, 3.05) is 13.7 Å². The minimum atomic E-state index is -0.815. The second-order valence-corrected chi connectivity index (χ2v) is 11.0. The van der Waals surface area contributed by atoms with Gasteiger partial charge in [-0.15, -0.1) is 0 Å². The number of ether oxygens (including phenoxy) is 4. The average Bonchev–Trinajstić information content (AvgIpc) is 3.62. The Labute approximate surface area is 196 Å². The topological polar surface area (TPSA) is 107 Å². The fraction of sp³-hybridized carbons (Fsp3) is 0.800. The van der Waals surface area contributed by atoms with Crippen LogP contribution in [0, 0.1) is 11.3 Å². The Morgan fingerprint density at radius 1 is 1.18 bits per heavy atom. The Morgan fingerprint density at radius 2 is 1.85 bits per heavy atom. The number of epoxide rings is 2. The highest BCUT2D eigenvalue weighted by Gasteiger charge is 2.72. The normalized spacial score (nSPS) is 35.0. The third-order valence-electron chi connectivity index (χ3n) is 7.15. The standard InChI is InChI=1S/C25H39NO7/c1-15(2)8-10-18-24(6,33-18)21-20(30-7)16(12-13-25(21)14-31-25)32-22(29)26-19(28)11-9-17(27)23(3,4)5/h8,16,18,20-21H,9-14H2,1-7H3,(H,26,28,29)/t16-,18-,20-,21-,24+,25+/m1/s1. The molecule has 8 nitrogen and oxygen atoms in total. The van der Waals surface area contributed by atoms with E-state index in [0.717, 1.165) is 12.8 Å². The molecule has 0 radical (unpaired) electrons. The van der Waals surface area contributed by atoms with Crippen LogP contribution in [0.4, 0.5) is 4.79 Å². The minimum absolute atomic E-state index is 0.0318. The highest BCUT2D eigenvalue weighted by atomic mass is 16.6. The molecular formula is C25H39NO7. The molecule has 2 heterocycles. The number of Topliss-reactive ketones (excluding diaryl/α,β-unsaturated/α-hetero) is 1. The van der Waals surface area contributed by atoms with Crippen LogP contribution in [0.3, 0.4) is 0 Å². The lowest BCUT2D eigenvalue weighted by atomic mass is 9.68. The maximum absolute atomic E-state index is 12.5. The average molecular weight is 466 g/mol. The van der Waals surface area contributed by atoms with Crippen molar-refractivity contribution in [3.05, 3.63) is 11.6 Å². The Kier molecular flexibility index (Phi) is 7.42. The SMILES string of the molecule is CO[C@@H]1[C@H](OC(=O)NC(=O)CCC(=O)C(C)(C)C)CC[C@]2(CO2)[C@H]1[C@@]1(C)O[C@@H]1CC=C(C)C. The summed E-state index contributed by atoms with van der Waals surface area (Å²) >= 11 is 0. The van der Waals surface area contributed by atoms with E-state index in [1.54, 1.807) is 27.9 Å². The van der Waals surface area contributed by atoms with E-state index in [-0.39, 0.29) is 36.2 Å². The first-order chi connectivity index (χ1) is 15.3. The summed E-state index contributed by atoms with van der Waals surface area (Å²) in [5.41, 5.74) is -0.0159. The van der Waals surface area contributed by atoms with Crippen LogP contribution in [0.1, 0.15) is 73.6 Å². The molecule has 0 bridgehead atoms. The monoisotopic (exact) mass is 465 g/mol. The highest BCUT2D eigenvalue weighted by molar-refractivity contribution is 5.94. The van der Waals surface area contributed by atoms with Crippen LogP contribution >= 0.6 is 0 Å². The van der Waals surface area contributed by atoms with Crippen molar-refractivity contribution in [3.63, 3.8) is 0 Å². The number of allylic oxidation sites excluding steroid dienone is 1. The van der Waals surface area contributed by atoms with Gasteiger partial charge in [0.25, 0.3) is 0 Å². The number of carbonyl (C=O) groups excluding carboxylic acids is 3. The van der Waals surface area contributed by atoms with Crippen molar-refractivity contribution in [2.45, 2.75) is 103 Å². The lowest BCUT2D eigenvalue weighted by Gasteiger charge is -2.42. The number of nitrogens with one attached hydrogen (secondary N) is 1. The van der Waals surface area contributed by atoms with Crippen molar-refractivity contribution < 1.29 is 33.3 Å². The third kappa shape index (κ3) is 5.84. The van der Waals surface area contributed by atoms with E-state index >= 15 is 0 Å². The fourth-order valence-electron chi connectivity index (χ4n) is 5.02. The van der Waals surface area contributed by atoms with Crippen LogP contribution in [0.5, 0.6) is 0 Å². The second kappa shape index (κ2) is 9.47. The van der Waals surface area contributed by atoms with E-state index in [9.17, 15) is 14.4 Å². The molecule has 0 aromatic heterocycles. The first kappa shape index (κ1) is 25.8. The number of hydrogen-bond donors (Lipinski definition) is 1. The number of methoxy groups -OCH3 is 1. The number of rotatable bonds is 8. The van der Waals surface area contributed by atoms with Crippen molar-refractivity contribution >= 4 is 17.8 Å². The number of amides is 2. The maximum Gasteiger partial charge on any atom is 0.414 e. The smallest absolute Gasteiger partial charge is 0.414 e. The van der Waals surface area contributed by atoms with Crippen LogP contribution < -0.4 is 5.32 Å². The van der Waals surface area contributed by atoms with Gasteiger partial charge in [0, 0.05) is 25.4 Å². The van der Waals surface area contributed by atoms with Crippen LogP contribution in [0.25, 0.3) is 0 Å². The van der Waals surface area contributed by atoms with Gasteiger partial charge >= 0.3 is 6.09 Å². The van der Waals surface area contributed by atoms with Crippen molar-refractivity contribution in [3.8, 4) is 0 Å². The van der Waals surface area contributed by atoms with Gasteiger partial charge in [-0.2, -0.15) is 0 Å². The molecular weight excluding hydrogens is 426 g/mol. The molecule has 1 aliphatic carbocycles. The molecule has 8 heteroatoms. The van der Waals surface area contributed by atoms with Crippen molar-refractivity contribution in [1.82, 2.24) is 5.32 Å². The summed E-state index contributed by atoms with van der Waals surface area (Å²) in [4.78, 5) is 36.6. The van der Waals surface area contributed by atoms with Gasteiger partial charge in [-0.05, 0) is 40.0 Å². The summed E-state index contributed by atoms with van der Waals surface area (Å²) in [5, 5.41) is 2.25. The van der Waals surface area contributed by atoms with Crippen molar-refractivity contribution in [2.24, 2.45) is 11.3 Å². The summed E-state index contributed by atoms with van der Waals surface area (Å²) in [6.45, 7) is 12.3. The minimum Gasteiger partial charge on any atom is -0.443 e. The molecule has 2 saturated heterocycles. The largest absolute Gasteiger partial charge is 0.443 e. The Balaban J connectivity index is 1.60. The van der Waals surface area contributed by atoms with Crippen LogP contribution in [-0.4, -0.2) is 61.0 Å². The number of imide groups is 1. The zero-order chi connectivity index (χ0) is 24.6. The van der Waals surface area contributed by atoms with Gasteiger partial charge in [-0.1, -0.05) is 32.4 Å². The molecule has 3 aliphatic rings. The van der Waals surface area contributed by atoms with Gasteiger partial charge in [0.15, 0.2) is 0 Å². The lowest BCUT2D eigenvalue weighted by Crippen LogP contribution is -2.56. The molecule has 0 aromatic rings. The van der Waals surface area contributed by atoms with E-state index < -0.39 is 35.2 Å². The third-order valence-corrected chi connectivity index (χ3v) is 7.15. The molecule has 1 saturated carbocycles. The van der Waals surface area contributed by atoms with Gasteiger partial charge in [-0.25, -0.2) is 4.79 Å². The van der Waals surface area contributed by atoms with E-state index in [1.807, 2.05) is 0 Å². The molecule has 6 atom stereocenters. The summed E-state index contributed by atoms with van der Waals surface area (Å²) in [6.07, 6.45) is 2.63. The molecule has 1 N–H and O–H groups in total. The Bertz CT molecular complexity index is 806. The highest BCUT2D eigenvalue weighted by Crippen LogP contribution is 2.59. The van der Waals surface area contributed by atoms with E-state index in [2.05, 4.69) is 32.2 Å². The first-order valence-electron chi connectivity index (χ1n) is 11.8. The quantitative estimate of drug-likeness (QED) is 0.430. The zero-order valence-electron chi connectivity index (χ0n) is 21.0. The molecule has 1 spiro atoms. The number of carbonyl (C=O) groups is 3. The molecule has 2 aliphatic heterocycles. The van der Waals surface area contributed by atoms with Crippen LogP contribution in [-0.2, 0) is 28.5 Å². The lowest BCUT2D eigenvalue weighted by molar-refractivity contribution is -0.130. The summed E-state index contributed by atoms with van der Waals surface area (Å²) in [7, 11) is 1.60. The van der Waals surface area contributed by atoms with Crippen LogP contribution in [0.15, 0.2) is 11.6 Å². The van der Waals surface area contributed by atoms with Gasteiger partial charge in [-0.3, -0.25) is 14.9 Å². The number of alkyl carbamates (subject to hydrolysis) is 1. The van der Waals surface area contributed by atoms with E-state index in [4.69, 9.17) is 18.9 Å². The molecule has 2 amide bonds. The Hall–Kier alpha value is -1.77. The number of hydrogen-bond acceptors (Lipinski definition) is 7. The van der Waals surface area contributed by atoms with E-state index in [1.165, 1.54) is 5.57 Å². The van der Waals surface area contributed by atoms with Gasteiger partial charge in [0.1, 0.15) is 29.2 Å². The summed E-state index contributed by atoms with van der Waals surface area (Å²) < 4.78 is 23.5. The molecule has 0 aromatic carbocycles. The van der Waals surface area contributed by atoms with Gasteiger partial charge in [0.05, 0.1) is 18.6 Å². The first-order valence-corrected chi connectivity index (χ1v) is 11.8. The Morgan fingerprint density at radius 3 is 2.39 bits per heavy atom. The summed E-state index contributed by atoms with van der Waals surface area (Å²) in [6, 6.07) is 0. The molecule has 33 heavy (non-hydrogen) atoms. The van der Waals surface area contributed by atoms with E-state index in [0.29, 0.717) is 13.0 Å². The molecule has 186 valence electrons. The predicted octanol–water partition coefficient (Wildman–Crippen LogP) is 3.71. The van der Waals surface area contributed by atoms with Gasteiger partial charge in [0.2, 0.25) is 5.91 Å². The molecule has 3 rings (SSSR count).